The lowest BCUT2D eigenvalue weighted by molar-refractivity contribution is 0.0269. The molecule has 1 aliphatic rings. The molecule has 4 heteroatoms. The molecule has 0 spiro atoms. The van der Waals surface area contributed by atoms with Crippen LogP contribution in [0, 0.1) is 0 Å². The molecule has 0 amide bonds. The van der Waals surface area contributed by atoms with Crippen molar-refractivity contribution in [2.45, 2.75) is 38.5 Å². The maximum Gasteiger partial charge on any atom is 0.123 e. The Morgan fingerprint density at radius 2 is 2.05 bits per heavy atom. The van der Waals surface area contributed by atoms with Gasteiger partial charge in [0.1, 0.15) is 5.75 Å². The second-order valence-corrected chi connectivity index (χ2v) is 5.77. The summed E-state index contributed by atoms with van der Waals surface area (Å²) in [4.78, 5) is 2.32. The molecule has 2 rings (SSSR count). The van der Waals surface area contributed by atoms with Crippen molar-refractivity contribution in [2.75, 3.05) is 33.8 Å². The van der Waals surface area contributed by atoms with E-state index in [-0.39, 0.29) is 0 Å². The molecule has 0 aromatic heterocycles. The highest BCUT2D eigenvalue weighted by atomic mass is 16.5. The zero-order valence-corrected chi connectivity index (χ0v) is 13.5. The Bertz CT molecular complexity index is 425. The summed E-state index contributed by atoms with van der Waals surface area (Å²) >= 11 is 0. The van der Waals surface area contributed by atoms with Crippen molar-refractivity contribution >= 4 is 0 Å². The van der Waals surface area contributed by atoms with Gasteiger partial charge in [-0.25, -0.2) is 0 Å². The summed E-state index contributed by atoms with van der Waals surface area (Å²) < 4.78 is 11.5. The molecular formula is C17H28N2O2. The first-order chi connectivity index (χ1) is 10.2. The van der Waals surface area contributed by atoms with Gasteiger partial charge < -0.3 is 14.8 Å². The summed E-state index contributed by atoms with van der Waals surface area (Å²) in [5, 5.41) is 3.36. The van der Waals surface area contributed by atoms with Gasteiger partial charge in [-0.05, 0) is 32.5 Å². The predicted molar refractivity (Wildman–Crippen MR) is 85.8 cm³/mol. The summed E-state index contributed by atoms with van der Waals surface area (Å²) in [5.74, 6) is 0.960. The Kier molecular flexibility index (Phi) is 6.49. The molecule has 0 aliphatic carbocycles. The molecule has 0 bridgehead atoms. The second-order valence-electron chi connectivity index (χ2n) is 5.77. The normalized spacial score (nSPS) is 21.9. The number of nitrogens with one attached hydrogen (secondary N) is 1. The summed E-state index contributed by atoms with van der Waals surface area (Å²) in [6, 6.07) is 8.21. The quantitative estimate of drug-likeness (QED) is 0.797. The summed E-state index contributed by atoms with van der Waals surface area (Å²) in [7, 11) is 3.87. The largest absolute Gasteiger partial charge is 0.496 e. The summed E-state index contributed by atoms with van der Waals surface area (Å²) in [5.41, 5.74) is 1.23. The standard InChI is InChI=1S/C17H28N2O2/c1-4-18-11-15-9-10-16(21-15)13-19(2)12-14-7-5-6-8-17(14)20-3/h5-8,15-16,18H,4,9-13H2,1-3H3. The van der Waals surface area contributed by atoms with Gasteiger partial charge in [-0.2, -0.15) is 0 Å². The molecule has 1 aromatic rings. The third kappa shape index (κ3) is 4.99. The fourth-order valence-corrected chi connectivity index (χ4v) is 2.91. The lowest BCUT2D eigenvalue weighted by atomic mass is 10.1. The Balaban J connectivity index is 1.78. The maximum absolute atomic E-state index is 6.09. The van der Waals surface area contributed by atoms with Gasteiger partial charge in [-0.1, -0.05) is 25.1 Å². The van der Waals surface area contributed by atoms with Crippen LogP contribution in [0.15, 0.2) is 24.3 Å². The van der Waals surface area contributed by atoms with Crippen LogP contribution < -0.4 is 10.1 Å². The number of ether oxygens (including phenoxy) is 2. The average molecular weight is 292 g/mol. The Labute approximate surface area is 128 Å². The van der Waals surface area contributed by atoms with E-state index in [1.165, 1.54) is 12.0 Å². The molecule has 1 aromatic carbocycles. The van der Waals surface area contributed by atoms with Crippen LogP contribution in [0.25, 0.3) is 0 Å². The van der Waals surface area contributed by atoms with Gasteiger partial charge in [0.25, 0.3) is 0 Å². The van der Waals surface area contributed by atoms with Crippen LogP contribution in [0.1, 0.15) is 25.3 Å². The first-order valence-electron chi connectivity index (χ1n) is 7.89. The molecule has 118 valence electrons. The number of nitrogens with zero attached hydrogens (tertiary/aromatic N) is 1. The van der Waals surface area contributed by atoms with Crippen molar-refractivity contribution in [1.29, 1.82) is 0 Å². The Hall–Kier alpha value is -1.10. The first-order valence-corrected chi connectivity index (χ1v) is 7.89. The summed E-state index contributed by atoms with van der Waals surface area (Å²) in [6.07, 6.45) is 3.06. The molecule has 1 heterocycles. The van der Waals surface area contributed by atoms with Gasteiger partial charge >= 0.3 is 0 Å². The number of methoxy groups -OCH3 is 1. The number of rotatable bonds is 8. The molecule has 1 aliphatic heterocycles. The zero-order chi connectivity index (χ0) is 15.1. The third-order valence-electron chi connectivity index (χ3n) is 3.97. The second kappa shape index (κ2) is 8.37. The minimum atomic E-state index is 0.355. The topological polar surface area (TPSA) is 33.7 Å². The monoisotopic (exact) mass is 292 g/mol. The number of likely N-dealkylation sites (N-methyl/N-ethyl adjacent to an activating group) is 2. The molecule has 0 radical (unpaired) electrons. The predicted octanol–water partition coefficient (Wildman–Crippen LogP) is 2.28. The van der Waals surface area contributed by atoms with E-state index >= 15 is 0 Å². The van der Waals surface area contributed by atoms with Gasteiger partial charge in [-0.3, -0.25) is 4.90 Å². The van der Waals surface area contributed by atoms with Crippen molar-refractivity contribution in [3.05, 3.63) is 29.8 Å². The van der Waals surface area contributed by atoms with Gasteiger partial charge in [0.15, 0.2) is 0 Å². The molecule has 4 nitrogen and oxygen atoms in total. The van der Waals surface area contributed by atoms with E-state index in [0.29, 0.717) is 12.2 Å². The highest BCUT2D eigenvalue weighted by molar-refractivity contribution is 5.32. The van der Waals surface area contributed by atoms with Gasteiger partial charge in [0.2, 0.25) is 0 Å². The molecule has 2 atom stereocenters. The Morgan fingerprint density at radius 3 is 2.81 bits per heavy atom. The molecule has 1 saturated heterocycles. The fourth-order valence-electron chi connectivity index (χ4n) is 2.91. The van der Waals surface area contributed by atoms with Crippen LogP contribution in [0.5, 0.6) is 5.75 Å². The van der Waals surface area contributed by atoms with Crippen molar-refractivity contribution in [1.82, 2.24) is 10.2 Å². The molecule has 1 fully saturated rings. The van der Waals surface area contributed by atoms with E-state index in [2.05, 4.69) is 36.3 Å². The number of benzene rings is 1. The third-order valence-corrected chi connectivity index (χ3v) is 3.97. The van der Waals surface area contributed by atoms with E-state index in [1.807, 2.05) is 12.1 Å². The van der Waals surface area contributed by atoms with Crippen LogP contribution in [0.3, 0.4) is 0 Å². The van der Waals surface area contributed by atoms with E-state index in [4.69, 9.17) is 9.47 Å². The molecule has 2 unspecified atom stereocenters. The summed E-state index contributed by atoms with van der Waals surface area (Å²) in [6.45, 7) is 5.98. The van der Waals surface area contributed by atoms with Gasteiger partial charge in [0, 0.05) is 25.2 Å². The first kappa shape index (κ1) is 16.3. The van der Waals surface area contributed by atoms with Gasteiger partial charge in [-0.15, -0.1) is 0 Å². The van der Waals surface area contributed by atoms with Gasteiger partial charge in [0.05, 0.1) is 19.3 Å². The van der Waals surface area contributed by atoms with Crippen molar-refractivity contribution < 1.29 is 9.47 Å². The van der Waals surface area contributed by atoms with Crippen LogP contribution in [0.4, 0.5) is 0 Å². The van der Waals surface area contributed by atoms with Crippen LogP contribution in [-0.2, 0) is 11.3 Å². The van der Waals surface area contributed by atoms with Crippen LogP contribution in [0.2, 0.25) is 0 Å². The van der Waals surface area contributed by atoms with E-state index in [9.17, 15) is 0 Å². The maximum atomic E-state index is 6.09. The smallest absolute Gasteiger partial charge is 0.123 e. The fraction of sp³-hybridized carbons (Fsp3) is 0.647. The highest BCUT2D eigenvalue weighted by Crippen LogP contribution is 2.22. The minimum absolute atomic E-state index is 0.355. The lowest BCUT2D eigenvalue weighted by Crippen LogP contribution is -2.31. The number of para-hydroxylation sites is 1. The molecule has 0 saturated carbocycles. The van der Waals surface area contributed by atoms with E-state index < -0.39 is 0 Å². The number of hydrogen-bond acceptors (Lipinski definition) is 4. The SMILES string of the molecule is CCNCC1CCC(CN(C)Cc2ccccc2OC)O1. The molecule has 21 heavy (non-hydrogen) atoms. The lowest BCUT2D eigenvalue weighted by Gasteiger charge is -2.22. The number of hydrogen-bond donors (Lipinski definition) is 1. The van der Waals surface area contributed by atoms with Crippen LogP contribution in [-0.4, -0.2) is 50.9 Å². The average Bonchev–Trinajstić information content (AvgIpc) is 2.93. The highest BCUT2D eigenvalue weighted by Gasteiger charge is 2.25. The van der Waals surface area contributed by atoms with Crippen molar-refractivity contribution in [3.8, 4) is 5.75 Å². The van der Waals surface area contributed by atoms with Crippen molar-refractivity contribution in [3.63, 3.8) is 0 Å². The van der Waals surface area contributed by atoms with E-state index in [1.54, 1.807) is 7.11 Å². The molecule has 1 N–H and O–H groups in total. The Morgan fingerprint density at radius 1 is 1.29 bits per heavy atom. The molecular weight excluding hydrogens is 264 g/mol. The van der Waals surface area contributed by atoms with E-state index in [0.717, 1.165) is 38.3 Å². The minimum Gasteiger partial charge on any atom is -0.496 e. The zero-order valence-electron chi connectivity index (χ0n) is 13.5. The van der Waals surface area contributed by atoms with Crippen LogP contribution >= 0.6 is 0 Å². The van der Waals surface area contributed by atoms with Crippen molar-refractivity contribution in [2.24, 2.45) is 0 Å².